The number of morpholine rings is 1. The van der Waals surface area contributed by atoms with Gasteiger partial charge in [0.2, 0.25) is 5.91 Å². The largest absolute Gasteiger partial charge is 0.378 e. The Labute approximate surface area is 204 Å². The number of nitrogens with one attached hydrogen (secondary N) is 1. The molecule has 5 rings (SSSR count). The van der Waals surface area contributed by atoms with Crippen LogP contribution in [0.3, 0.4) is 0 Å². The summed E-state index contributed by atoms with van der Waals surface area (Å²) in [6.07, 6.45) is 6.81. The lowest BCUT2D eigenvalue weighted by molar-refractivity contribution is -0.122. The Hall–Kier alpha value is -3.49. The molecule has 2 aromatic carbocycles. The second kappa shape index (κ2) is 10.8. The van der Waals surface area contributed by atoms with E-state index in [0.717, 1.165) is 62.6 Å². The molecule has 182 valence electrons. The summed E-state index contributed by atoms with van der Waals surface area (Å²) in [5, 5.41) is 7.45. The number of nitrogens with zero attached hydrogens (tertiary/aromatic N) is 4. The van der Waals surface area contributed by atoms with Gasteiger partial charge in [-0.15, -0.1) is 0 Å². The van der Waals surface area contributed by atoms with E-state index in [1.807, 2.05) is 12.4 Å². The highest BCUT2D eigenvalue weighted by Gasteiger charge is 2.17. The molecule has 2 aliphatic heterocycles. The van der Waals surface area contributed by atoms with Crippen molar-refractivity contribution in [3.05, 3.63) is 83.9 Å². The molecule has 0 aliphatic carbocycles. The Kier molecular flexibility index (Phi) is 7.20. The van der Waals surface area contributed by atoms with Crippen molar-refractivity contribution in [2.24, 2.45) is 0 Å². The summed E-state index contributed by atoms with van der Waals surface area (Å²) in [6.45, 7) is 5.81. The van der Waals surface area contributed by atoms with Gasteiger partial charge >= 0.3 is 0 Å². The zero-order valence-corrected chi connectivity index (χ0v) is 19.7. The zero-order valence-electron chi connectivity index (χ0n) is 19.7. The molecule has 7 nitrogen and oxygen atoms in total. The Bertz CT molecular complexity index is 1170. The fraction of sp³-hybridized carbons (Fsp3) is 0.333. The minimum absolute atomic E-state index is 0.0308. The van der Waals surface area contributed by atoms with E-state index >= 15 is 0 Å². The van der Waals surface area contributed by atoms with Crippen LogP contribution >= 0.6 is 0 Å². The molecule has 1 amide bonds. The summed E-state index contributed by atoms with van der Waals surface area (Å²) in [4.78, 5) is 17.0. The van der Waals surface area contributed by atoms with Crippen molar-refractivity contribution in [2.75, 3.05) is 50.8 Å². The number of amides is 1. The van der Waals surface area contributed by atoms with Gasteiger partial charge in [0.1, 0.15) is 5.82 Å². The van der Waals surface area contributed by atoms with Crippen LogP contribution < -0.4 is 10.2 Å². The van der Waals surface area contributed by atoms with Gasteiger partial charge in [-0.25, -0.2) is 9.07 Å². The number of aromatic nitrogens is 2. The topological polar surface area (TPSA) is 62.6 Å². The standard InChI is InChI=1S/C27H30FN5O2/c28-24-3-7-26(8-4-24)33-19-23(18-30-33)22-9-11-31(12-10-22)20-27(34)29-17-21-1-5-25(6-2-21)32-13-15-35-16-14-32/h1-9,18-19H,10-17,20H2,(H,29,34). The summed E-state index contributed by atoms with van der Waals surface area (Å²) in [7, 11) is 0. The lowest BCUT2D eigenvalue weighted by atomic mass is 10.0. The first-order valence-electron chi connectivity index (χ1n) is 12.0. The van der Waals surface area contributed by atoms with Crippen molar-refractivity contribution in [2.45, 2.75) is 13.0 Å². The highest BCUT2D eigenvalue weighted by Crippen LogP contribution is 2.23. The van der Waals surface area contributed by atoms with Gasteiger partial charge in [0.15, 0.2) is 0 Å². The van der Waals surface area contributed by atoms with Crippen molar-refractivity contribution in [1.29, 1.82) is 0 Å². The number of carbonyl (C=O) groups excluding carboxylic acids is 1. The van der Waals surface area contributed by atoms with Gasteiger partial charge in [-0.3, -0.25) is 9.69 Å². The molecular weight excluding hydrogens is 445 g/mol. The number of benzene rings is 2. The van der Waals surface area contributed by atoms with Crippen molar-refractivity contribution < 1.29 is 13.9 Å². The molecular formula is C27H30FN5O2. The molecule has 3 aromatic rings. The van der Waals surface area contributed by atoms with Crippen molar-refractivity contribution in [3.8, 4) is 5.69 Å². The Balaban J connectivity index is 1.08. The Morgan fingerprint density at radius 2 is 1.74 bits per heavy atom. The van der Waals surface area contributed by atoms with Gasteiger partial charge in [-0.05, 0) is 54.0 Å². The maximum Gasteiger partial charge on any atom is 0.234 e. The average molecular weight is 476 g/mol. The summed E-state index contributed by atoms with van der Waals surface area (Å²) in [5.74, 6) is -0.231. The number of carbonyl (C=O) groups is 1. The van der Waals surface area contributed by atoms with E-state index in [2.05, 4.69) is 50.6 Å². The monoisotopic (exact) mass is 475 g/mol. The molecule has 0 bridgehead atoms. The minimum Gasteiger partial charge on any atom is -0.378 e. The fourth-order valence-electron chi connectivity index (χ4n) is 4.45. The van der Waals surface area contributed by atoms with Gasteiger partial charge in [0.25, 0.3) is 0 Å². The summed E-state index contributed by atoms with van der Waals surface area (Å²) < 4.78 is 20.3. The molecule has 0 atom stereocenters. The lowest BCUT2D eigenvalue weighted by Gasteiger charge is -2.29. The molecule has 35 heavy (non-hydrogen) atoms. The van der Waals surface area contributed by atoms with Gasteiger partial charge in [-0.1, -0.05) is 18.2 Å². The van der Waals surface area contributed by atoms with Gasteiger partial charge in [0, 0.05) is 50.2 Å². The summed E-state index contributed by atoms with van der Waals surface area (Å²) in [5.41, 5.74) is 5.38. The molecule has 2 aliphatic rings. The second-order valence-corrected chi connectivity index (χ2v) is 8.91. The van der Waals surface area contributed by atoms with Gasteiger partial charge in [0.05, 0.1) is 31.6 Å². The van der Waals surface area contributed by atoms with E-state index < -0.39 is 0 Å². The maximum absolute atomic E-state index is 13.2. The highest BCUT2D eigenvalue weighted by molar-refractivity contribution is 5.78. The first kappa shape index (κ1) is 23.3. The number of ether oxygens (including phenoxy) is 1. The number of hydrogen-bond acceptors (Lipinski definition) is 5. The SMILES string of the molecule is O=C(CN1CC=C(c2cnn(-c3ccc(F)cc3)c2)CC1)NCc1ccc(N2CCOCC2)cc1. The van der Waals surface area contributed by atoms with E-state index in [4.69, 9.17) is 4.74 Å². The predicted octanol–water partition coefficient (Wildman–Crippen LogP) is 3.25. The second-order valence-electron chi connectivity index (χ2n) is 8.91. The highest BCUT2D eigenvalue weighted by atomic mass is 19.1. The Morgan fingerprint density at radius 1 is 1.00 bits per heavy atom. The van der Waals surface area contributed by atoms with Crippen LogP contribution in [0.15, 0.2) is 67.0 Å². The van der Waals surface area contributed by atoms with Gasteiger partial charge in [-0.2, -0.15) is 5.10 Å². The Morgan fingerprint density at radius 3 is 2.46 bits per heavy atom. The van der Waals surface area contributed by atoms with E-state index in [1.54, 1.807) is 16.8 Å². The van der Waals surface area contributed by atoms with Crippen LogP contribution in [0.4, 0.5) is 10.1 Å². The molecule has 1 N–H and O–H groups in total. The van der Waals surface area contributed by atoms with Crippen LogP contribution in [0.5, 0.6) is 0 Å². The summed E-state index contributed by atoms with van der Waals surface area (Å²) in [6, 6.07) is 14.7. The number of hydrogen-bond donors (Lipinski definition) is 1. The van der Waals surface area contributed by atoms with Gasteiger partial charge < -0.3 is 15.0 Å². The van der Waals surface area contributed by atoms with Crippen molar-refractivity contribution in [1.82, 2.24) is 20.0 Å². The fourth-order valence-corrected chi connectivity index (χ4v) is 4.45. The van der Waals surface area contributed by atoms with Crippen LogP contribution in [-0.2, 0) is 16.1 Å². The molecule has 0 radical (unpaired) electrons. The minimum atomic E-state index is -0.262. The van der Waals surface area contributed by atoms with E-state index in [9.17, 15) is 9.18 Å². The smallest absolute Gasteiger partial charge is 0.234 e. The normalized spacial score (nSPS) is 16.7. The first-order chi connectivity index (χ1) is 17.1. The molecule has 0 unspecified atom stereocenters. The quantitative estimate of drug-likeness (QED) is 0.569. The third-order valence-corrected chi connectivity index (χ3v) is 6.51. The van der Waals surface area contributed by atoms with Crippen molar-refractivity contribution in [3.63, 3.8) is 0 Å². The van der Waals surface area contributed by atoms with Crippen LogP contribution in [0.25, 0.3) is 11.3 Å². The lowest BCUT2D eigenvalue weighted by Crippen LogP contribution is -2.39. The molecule has 8 heteroatoms. The van der Waals surface area contributed by atoms with Crippen molar-refractivity contribution >= 4 is 17.2 Å². The van der Waals surface area contributed by atoms with Crippen LogP contribution in [0.1, 0.15) is 17.5 Å². The maximum atomic E-state index is 13.2. The summed E-state index contributed by atoms with van der Waals surface area (Å²) >= 11 is 0. The number of anilines is 1. The van der Waals surface area contributed by atoms with Crippen LogP contribution in [0, 0.1) is 5.82 Å². The van der Waals surface area contributed by atoms with E-state index in [-0.39, 0.29) is 11.7 Å². The van der Waals surface area contributed by atoms with E-state index in [0.29, 0.717) is 13.1 Å². The van der Waals surface area contributed by atoms with Crippen LogP contribution in [0.2, 0.25) is 0 Å². The first-order valence-corrected chi connectivity index (χ1v) is 12.0. The number of halogens is 1. The predicted molar refractivity (Wildman–Crippen MR) is 134 cm³/mol. The molecule has 1 aromatic heterocycles. The van der Waals surface area contributed by atoms with Crippen LogP contribution in [-0.4, -0.2) is 66.5 Å². The van der Waals surface area contributed by atoms with E-state index in [1.165, 1.54) is 23.4 Å². The number of rotatable bonds is 7. The molecule has 1 saturated heterocycles. The molecule has 0 saturated carbocycles. The molecule has 0 spiro atoms. The zero-order chi connectivity index (χ0) is 24.0. The molecule has 3 heterocycles. The average Bonchev–Trinajstić information content (AvgIpc) is 3.40. The third kappa shape index (κ3) is 5.96. The third-order valence-electron chi connectivity index (χ3n) is 6.51. The molecule has 1 fully saturated rings.